The first-order chi connectivity index (χ1) is 10.7. The predicted molar refractivity (Wildman–Crippen MR) is 81.8 cm³/mol. The Kier molecular flexibility index (Phi) is 15.6. The molecule has 0 atom stereocenters. The van der Waals surface area contributed by atoms with Crippen molar-refractivity contribution < 1.29 is 28.5 Å². The summed E-state index contributed by atoms with van der Waals surface area (Å²) in [5.74, 6) is 0.428. The lowest BCUT2D eigenvalue weighted by Gasteiger charge is -2.08. The van der Waals surface area contributed by atoms with Gasteiger partial charge >= 0.3 is 0 Å². The molecule has 0 aromatic rings. The lowest BCUT2D eigenvalue weighted by atomic mass is 10.1. The summed E-state index contributed by atoms with van der Waals surface area (Å²) in [6.45, 7) is 7.94. The number of nitrogens with one attached hydrogen (secondary N) is 1. The van der Waals surface area contributed by atoms with E-state index in [4.69, 9.17) is 18.9 Å². The molecule has 1 amide bonds. The molecule has 22 heavy (non-hydrogen) atoms. The summed E-state index contributed by atoms with van der Waals surface area (Å²) >= 11 is 0. The minimum Gasteiger partial charge on any atom is -0.377 e. The molecule has 0 bridgehead atoms. The summed E-state index contributed by atoms with van der Waals surface area (Å²) in [7, 11) is 0. The number of amides is 1. The van der Waals surface area contributed by atoms with E-state index in [2.05, 4.69) is 5.32 Å². The molecule has 0 aliphatic carbocycles. The van der Waals surface area contributed by atoms with E-state index in [0.717, 1.165) is 0 Å². The molecule has 7 heteroatoms. The van der Waals surface area contributed by atoms with Gasteiger partial charge in [0.15, 0.2) is 0 Å². The van der Waals surface area contributed by atoms with E-state index >= 15 is 0 Å². The molecular weight excluding hydrogens is 290 g/mol. The van der Waals surface area contributed by atoms with Crippen molar-refractivity contribution in [1.29, 1.82) is 0 Å². The first-order valence-electron chi connectivity index (χ1n) is 7.68. The Morgan fingerprint density at radius 1 is 0.909 bits per heavy atom. The number of carbonyl (C=O) groups is 2. The van der Waals surface area contributed by atoms with Gasteiger partial charge in [0, 0.05) is 13.0 Å². The van der Waals surface area contributed by atoms with Crippen LogP contribution in [0.25, 0.3) is 0 Å². The molecule has 0 fully saturated rings. The average molecular weight is 319 g/mol. The summed E-state index contributed by atoms with van der Waals surface area (Å²) in [6, 6.07) is 0. The third-order valence-electron chi connectivity index (χ3n) is 2.46. The quantitative estimate of drug-likeness (QED) is 0.328. The number of hydrogen-bond donors (Lipinski definition) is 1. The van der Waals surface area contributed by atoms with Gasteiger partial charge in [-0.25, -0.2) is 0 Å². The molecule has 0 saturated heterocycles. The fourth-order valence-corrected chi connectivity index (χ4v) is 1.50. The average Bonchev–Trinajstić information content (AvgIpc) is 2.47. The highest BCUT2D eigenvalue weighted by molar-refractivity contribution is 5.75. The van der Waals surface area contributed by atoms with Crippen LogP contribution in [-0.2, 0) is 28.5 Å². The van der Waals surface area contributed by atoms with Crippen molar-refractivity contribution in [2.45, 2.75) is 20.3 Å². The molecule has 0 spiro atoms. The van der Waals surface area contributed by atoms with Crippen LogP contribution in [0.2, 0.25) is 0 Å². The van der Waals surface area contributed by atoms with Gasteiger partial charge in [-0.1, -0.05) is 13.8 Å². The molecule has 7 nitrogen and oxygen atoms in total. The molecule has 0 radical (unpaired) electrons. The Morgan fingerprint density at radius 2 is 1.41 bits per heavy atom. The third kappa shape index (κ3) is 17.0. The topological polar surface area (TPSA) is 83.1 Å². The lowest BCUT2D eigenvalue weighted by Crippen LogP contribution is -2.28. The molecule has 0 saturated carbocycles. The number of aldehydes is 1. The van der Waals surface area contributed by atoms with Crippen LogP contribution in [0.1, 0.15) is 20.3 Å². The fourth-order valence-electron chi connectivity index (χ4n) is 1.50. The molecule has 0 rings (SSSR count). The van der Waals surface area contributed by atoms with Crippen molar-refractivity contribution in [3.8, 4) is 0 Å². The molecule has 0 aromatic heterocycles. The Balaban J connectivity index is 3.08. The monoisotopic (exact) mass is 319 g/mol. The minimum absolute atomic E-state index is 0.0594. The van der Waals surface area contributed by atoms with Gasteiger partial charge in [-0.3, -0.25) is 4.79 Å². The van der Waals surface area contributed by atoms with Crippen molar-refractivity contribution >= 4 is 12.2 Å². The Morgan fingerprint density at radius 3 is 1.91 bits per heavy atom. The summed E-state index contributed by atoms with van der Waals surface area (Å²) in [6.07, 6.45) is 1.25. The second-order valence-corrected chi connectivity index (χ2v) is 5.03. The van der Waals surface area contributed by atoms with Crippen LogP contribution in [0.4, 0.5) is 0 Å². The van der Waals surface area contributed by atoms with E-state index in [1.54, 1.807) is 0 Å². The zero-order valence-corrected chi connectivity index (χ0v) is 13.7. The Bertz CT molecular complexity index is 273. The van der Waals surface area contributed by atoms with E-state index in [-0.39, 0.29) is 12.5 Å². The number of ether oxygens (including phenoxy) is 4. The van der Waals surface area contributed by atoms with Crippen molar-refractivity contribution in [2.24, 2.45) is 5.92 Å². The highest BCUT2D eigenvalue weighted by Gasteiger charge is 2.03. The second-order valence-electron chi connectivity index (χ2n) is 5.03. The van der Waals surface area contributed by atoms with Gasteiger partial charge in [0.25, 0.3) is 0 Å². The Labute approximate surface area is 132 Å². The van der Waals surface area contributed by atoms with Crippen LogP contribution in [0.3, 0.4) is 0 Å². The van der Waals surface area contributed by atoms with Crippen molar-refractivity contribution in [1.82, 2.24) is 5.32 Å². The van der Waals surface area contributed by atoms with Gasteiger partial charge in [0.1, 0.15) is 12.9 Å². The van der Waals surface area contributed by atoms with Crippen LogP contribution < -0.4 is 5.32 Å². The predicted octanol–water partition coefficient (Wildman–Crippen LogP) is 0.414. The molecule has 0 aliphatic heterocycles. The SMILES string of the molecule is CC(C)CC(=O)NCCOCCOCCOCCOCC=O. The van der Waals surface area contributed by atoms with Crippen LogP contribution in [0.5, 0.6) is 0 Å². The molecule has 0 aliphatic rings. The second kappa shape index (κ2) is 16.4. The number of hydrogen-bond acceptors (Lipinski definition) is 6. The molecule has 0 aromatic carbocycles. The van der Waals surface area contributed by atoms with Gasteiger partial charge in [0.2, 0.25) is 5.91 Å². The largest absolute Gasteiger partial charge is 0.377 e. The minimum atomic E-state index is 0.0594. The summed E-state index contributed by atoms with van der Waals surface area (Å²) in [5.41, 5.74) is 0. The number of rotatable bonds is 16. The highest BCUT2D eigenvalue weighted by atomic mass is 16.6. The van der Waals surface area contributed by atoms with E-state index in [9.17, 15) is 9.59 Å². The molecule has 0 unspecified atom stereocenters. The maximum absolute atomic E-state index is 11.3. The first kappa shape index (κ1) is 21.0. The van der Waals surface area contributed by atoms with E-state index in [1.165, 1.54) is 0 Å². The van der Waals surface area contributed by atoms with E-state index < -0.39 is 0 Å². The van der Waals surface area contributed by atoms with Gasteiger partial charge in [-0.05, 0) is 5.92 Å². The molecule has 0 heterocycles. The maximum Gasteiger partial charge on any atom is 0.220 e. The summed E-state index contributed by atoms with van der Waals surface area (Å²) < 4.78 is 20.8. The molecular formula is C15H29NO6. The summed E-state index contributed by atoms with van der Waals surface area (Å²) in [4.78, 5) is 21.3. The van der Waals surface area contributed by atoms with Gasteiger partial charge in [-0.2, -0.15) is 0 Å². The first-order valence-corrected chi connectivity index (χ1v) is 7.68. The maximum atomic E-state index is 11.3. The van der Waals surface area contributed by atoms with Crippen LogP contribution in [-0.4, -0.2) is 71.6 Å². The smallest absolute Gasteiger partial charge is 0.220 e. The normalized spacial score (nSPS) is 10.9. The van der Waals surface area contributed by atoms with Crippen molar-refractivity contribution in [2.75, 3.05) is 59.4 Å². The van der Waals surface area contributed by atoms with Crippen molar-refractivity contribution in [3.63, 3.8) is 0 Å². The zero-order valence-electron chi connectivity index (χ0n) is 13.7. The lowest BCUT2D eigenvalue weighted by molar-refractivity contribution is -0.122. The standard InChI is InChI=1S/C15H29NO6/c1-14(2)13-15(18)16-3-5-19-7-9-21-11-12-22-10-8-20-6-4-17/h4,14H,3,5-13H2,1-2H3,(H,16,18). The molecule has 1 N–H and O–H groups in total. The Hall–Kier alpha value is -1.02. The van der Waals surface area contributed by atoms with Crippen LogP contribution in [0.15, 0.2) is 0 Å². The van der Waals surface area contributed by atoms with Crippen molar-refractivity contribution in [3.05, 3.63) is 0 Å². The third-order valence-corrected chi connectivity index (χ3v) is 2.46. The van der Waals surface area contributed by atoms with Gasteiger partial charge in [0.05, 0.1) is 46.2 Å². The van der Waals surface area contributed by atoms with Crippen LogP contribution >= 0.6 is 0 Å². The van der Waals surface area contributed by atoms with E-state index in [0.29, 0.717) is 71.4 Å². The highest BCUT2D eigenvalue weighted by Crippen LogP contribution is 1.97. The van der Waals surface area contributed by atoms with E-state index in [1.807, 2.05) is 13.8 Å². The van der Waals surface area contributed by atoms with Crippen LogP contribution in [0, 0.1) is 5.92 Å². The molecule has 130 valence electrons. The fraction of sp³-hybridized carbons (Fsp3) is 0.867. The zero-order chi connectivity index (χ0) is 16.5. The number of carbonyl (C=O) groups excluding carboxylic acids is 2. The van der Waals surface area contributed by atoms with Gasteiger partial charge in [-0.15, -0.1) is 0 Å². The van der Waals surface area contributed by atoms with Gasteiger partial charge < -0.3 is 29.1 Å². The summed E-state index contributed by atoms with van der Waals surface area (Å²) in [5, 5.41) is 2.80.